The van der Waals surface area contributed by atoms with Crippen molar-refractivity contribution in [2.75, 3.05) is 18.0 Å². The SMILES string of the molecule is CCN(Cc1noc(CC(C)C)n1)c1ncnc2sc3c(c12)CCNC3.Cl.Cl. The van der Waals surface area contributed by atoms with Gasteiger partial charge in [-0.3, -0.25) is 0 Å². The first kappa shape index (κ1) is 22.8. The molecule has 10 heteroatoms. The van der Waals surface area contributed by atoms with Crippen LogP contribution < -0.4 is 10.2 Å². The minimum Gasteiger partial charge on any atom is -0.349 e. The van der Waals surface area contributed by atoms with Crippen LogP contribution >= 0.6 is 36.2 Å². The van der Waals surface area contributed by atoms with Crippen molar-refractivity contribution < 1.29 is 4.52 Å². The second kappa shape index (κ2) is 9.82. The van der Waals surface area contributed by atoms with E-state index in [1.807, 2.05) is 0 Å². The summed E-state index contributed by atoms with van der Waals surface area (Å²) in [4.78, 5) is 18.3. The van der Waals surface area contributed by atoms with E-state index in [1.54, 1.807) is 17.7 Å². The normalized spacial score (nSPS) is 13.1. The summed E-state index contributed by atoms with van der Waals surface area (Å²) in [6, 6.07) is 0. The Morgan fingerprint density at radius 2 is 2.11 bits per heavy atom. The average molecular weight is 445 g/mol. The van der Waals surface area contributed by atoms with Gasteiger partial charge in [0.15, 0.2) is 5.82 Å². The molecule has 0 atom stereocenters. The standard InChI is InChI=1S/C18H24N6OS.2ClH/c1-4-24(9-14-22-15(25-23-14)7-11(2)3)17-16-12-5-6-19-8-13(12)26-18(16)21-10-20-17;;/h10-11,19H,4-9H2,1-3H3;2*1H. The van der Waals surface area contributed by atoms with E-state index >= 15 is 0 Å². The van der Waals surface area contributed by atoms with E-state index in [0.717, 1.165) is 43.1 Å². The predicted molar refractivity (Wildman–Crippen MR) is 117 cm³/mol. The third-order valence-electron chi connectivity index (χ3n) is 4.59. The fourth-order valence-electron chi connectivity index (χ4n) is 3.38. The Bertz CT molecular complexity index is 913. The predicted octanol–water partition coefficient (Wildman–Crippen LogP) is 3.79. The molecule has 0 fully saturated rings. The quantitative estimate of drug-likeness (QED) is 0.618. The van der Waals surface area contributed by atoms with Gasteiger partial charge in [-0.05, 0) is 31.4 Å². The molecule has 7 nitrogen and oxygen atoms in total. The monoisotopic (exact) mass is 444 g/mol. The van der Waals surface area contributed by atoms with Gasteiger partial charge < -0.3 is 14.7 Å². The molecule has 154 valence electrons. The number of rotatable bonds is 6. The molecule has 0 amide bonds. The molecule has 3 aromatic heterocycles. The maximum absolute atomic E-state index is 5.39. The van der Waals surface area contributed by atoms with E-state index in [4.69, 9.17) is 4.52 Å². The van der Waals surface area contributed by atoms with Gasteiger partial charge >= 0.3 is 0 Å². The lowest BCUT2D eigenvalue weighted by Crippen LogP contribution is -2.25. The fourth-order valence-corrected chi connectivity index (χ4v) is 4.53. The highest BCUT2D eigenvalue weighted by atomic mass is 35.5. The van der Waals surface area contributed by atoms with Gasteiger partial charge in [-0.15, -0.1) is 36.2 Å². The third kappa shape index (κ3) is 4.56. The van der Waals surface area contributed by atoms with Crippen LogP contribution in [0.15, 0.2) is 10.9 Å². The lowest BCUT2D eigenvalue weighted by molar-refractivity contribution is 0.358. The van der Waals surface area contributed by atoms with E-state index in [9.17, 15) is 0 Å². The smallest absolute Gasteiger partial charge is 0.226 e. The zero-order chi connectivity index (χ0) is 18.1. The number of halogens is 2. The number of anilines is 1. The number of nitrogens with zero attached hydrogens (tertiary/aromatic N) is 5. The van der Waals surface area contributed by atoms with Crippen LogP contribution in [0, 0.1) is 5.92 Å². The van der Waals surface area contributed by atoms with Crippen LogP contribution in [0.2, 0.25) is 0 Å². The highest BCUT2D eigenvalue weighted by Crippen LogP contribution is 2.37. The van der Waals surface area contributed by atoms with Crippen LogP contribution in [0.1, 0.15) is 42.9 Å². The molecule has 3 aromatic rings. The molecule has 0 saturated carbocycles. The van der Waals surface area contributed by atoms with Gasteiger partial charge in [0.25, 0.3) is 0 Å². The number of nitrogens with one attached hydrogen (secondary N) is 1. The van der Waals surface area contributed by atoms with Gasteiger partial charge in [0.2, 0.25) is 5.89 Å². The summed E-state index contributed by atoms with van der Waals surface area (Å²) < 4.78 is 5.39. The summed E-state index contributed by atoms with van der Waals surface area (Å²) in [6.45, 7) is 9.76. The van der Waals surface area contributed by atoms with Crippen LogP contribution in [0.5, 0.6) is 0 Å². The molecule has 1 N–H and O–H groups in total. The topological polar surface area (TPSA) is 80.0 Å². The van der Waals surface area contributed by atoms with Gasteiger partial charge in [-0.1, -0.05) is 19.0 Å². The van der Waals surface area contributed by atoms with E-state index in [2.05, 4.69) is 51.1 Å². The Balaban J connectivity index is 0.00000140. The van der Waals surface area contributed by atoms with E-state index < -0.39 is 0 Å². The highest BCUT2D eigenvalue weighted by Gasteiger charge is 2.23. The van der Waals surface area contributed by atoms with Crippen LogP contribution in [-0.4, -0.2) is 33.2 Å². The maximum atomic E-state index is 5.39. The van der Waals surface area contributed by atoms with E-state index in [-0.39, 0.29) is 24.8 Å². The maximum Gasteiger partial charge on any atom is 0.226 e. The van der Waals surface area contributed by atoms with Crippen molar-refractivity contribution >= 4 is 52.2 Å². The second-order valence-corrected chi connectivity index (χ2v) is 8.11. The van der Waals surface area contributed by atoms with E-state index in [0.29, 0.717) is 24.2 Å². The van der Waals surface area contributed by atoms with Gasteiger partial charge in [-0.25, -0.2) is 9.97 Å². The van der Waals surface area contributed by atoms with Crippen LogP contribution in [-0.2, 0) is 25.9 Å². The van der Waals surface area contributed by atoms with Gasteiger partial charge in [0.1, 0.15) is 17.0 Å². The molecular formula is C18H26Cl2N6OS. The van der Waals surface area contributed by atoms with Crippen LogP contribution in [0.25, 0.3) is 10.2 Å². The summed E-state index contributed by atoms with van der Waals surface area (Å²) in [6.07, 6.45) is 3.49. The zero-order valence-corrected chi connectivity index (χ0v) is 18.7. The lowest BCUT2D eigenvalue weighted by Gasteiger charge is -2.22. The fraction of sp³-hybridized carbons (Fsp3) is 0.556. The van der Waals surface area contributed by atoms with Crippen molar-refractivity contribution in [1.29, 1.82) is 0 Å². The van der Waals surface area contributed by atoms with Crippen molar-refractivity contribution in [2.24, 2.45) is 5.92 Å². The minimum atomic E-state index is 0. The highest BCUT2D eigenvalue weighted by molar-refractivity contribution is 7.19. The number of hydrogen-bond donors (Lipinski definition) is 1. The second-order valence-electron chi connectivity index (χ2n) is 7.02. The van der Waals surface area contributed by atoms with Crippen LogP contribution in [0.3, 0.4) is 0 Å². The Kier molecular flexibility index (Phi) is 8.00. The molecule has 4 heterocycles. The van der Waals surface area contributed by atoms with Crippen molar-refractivity contribution in [3.8, 4) is 0 Å². The van der Waals surface area contributed by atoms with Crippen LogP contribution in [0.4, 0.5) is 5.82 Å². The summed E-state index contributed by atoms with van der Waals surface area (Å²) in [5.41, 5.74) is 1.39. The van der Waals surface area contributed by atoms with Crippen molar-refractivity contribution in [1.82, 2.24) is 25.4 Å². The lowest BCUT2D eigenvalue weighted by atomic mass is 10.1. The Hall–Kier alpha value is -1.48. The Labute approximate surface area is 181 Å². The summed E-state index contributed by atoms with van der Waals surface area (Å²) in [5, 5.41) is 8.79. The third-order valence-corrected chi connectivity index (χ3v) is 5.73. The molecule has 28 heavy (non-hydrogen) atoms. The average Bonchev–Trinajstić information content (AvgIpc) is 3.22. The first-order chi connectivity index (χ1) is 12.7. The van der Waals surface area contributed by atoms with Crippen molar-refractivity contribution in [3.05, 3.63) is 28.5 Å². The minimum absolute atomic E-state index is 0. The number of fused-ring (bicyclic) bond motifs is 3. The van der Waals surface area contributed by atoms with Crippen molar-refractivity contribution in [2.45, 2.75) is 46.7 Å². The molecule has 0 spiro atoms. The Morgan fingerprint density at radius 3 is 2.86 bits per heavy atom. The van der Waals surface area contributed by atoms with E-state index in [1.165, 1.54) is 15.8 Å². The molecule has 1 aliphatic heterocycles. The molecule has 1 aliphatic rings. The molecule has 0 bridgehead atoms. The number of aromatic nitrogens is 4. The van der Waals surface area contributed by atoms with Gasteiger partial charge in [0, 0.05) is 24.4 Å². The summed E-state index contributed by atoms with van der Waals surface area (Å²) in [7, 11) is 0. The molecule has 0 aromatic carbocycles. The summed E-state index contributed by atoms with van der Waals surface area (Å²) in [5.74, 6) is 2.89. The first-order valence-corrected chi connectivity index (χ1v) is 9.99. The molecule has 0 radical (unpaired) electrons. The zero-order valence-electron chi connectivity index (χ0n) is 16.3. The molecule has 4 rings (SSSR count). The largest absolute Gasteiger partial charge is 0.349 e. The first-order valence-electron chi connectivity index (χ1n) is 9.18. The number of thiophene rings is 1. The summed E-state index contributed by atoms with van der Waals surface area (Å²) >= 11 is 1.77. The molecule has 0 saturated heterocycles. The van der Waals surface area contributed by atoms with Crippen molar-refractivity contribution in [3.63, 3.8) is 0 Å². The Morgan fingerprint density at radius 1 is 1.29 bits per heavy atom. The number of hydrogen-bond acceptors (Lipinski definition) is 8. The van der Waals surface area contributed by atoms with Gasteiger partial charge in [0.05, 0.1) is 11.9 Å². The van der Waals surface area contributed by atoms with Gasteiger partial charge in [-0.2, -0.15) is 4.98 Å². The molecule has 0 unspecified atom stereocenters. The molecule has 0 aliphatic carbocycles. The molecular weight excluding hydrogens is 419 g/mol.